The van der Waals surface area contributed by atoms with Gasteiger partial charge in [0.2, 0.25) is 0 Å². The Hall–Kier alpha value is -0.760. The van der Waals surface area contributed by atoms with E-state index in [1.54, 1.807) is 5.57 Å². The maximum absolute atomic E-state index is 11.1. The number of rotatable bonds is 1. The summed E-state index contributed by atoms with van der Waals surface area (Å²) in [5, 5.41) is 0. The van der Waals surface area contributed by atoms with Gasteiger partial charge in [-0.1, -0.05) is 17.8 Å². The predicted molar refractivity (Wildman–Crippen MR) is 68.1 cm³/mol. The zero-order chi connectivity index (χ0) is 11.0. The van der Waals surface area contributed by atoms with Gasteiger partial charge in [0.15, 0.2) is 0 Å². The number of carbonyl (C=O) groups is 1. The summed E-state index contributed by atoms with van der Waals surface area (Å²) in [6.07, 6.45) is 11.9. The average molecular weight is 232 g/mol. The van der Waals surface area contributed by atoms with Crippen LogP contribution in [0.4, 0.5) is 0 Å². The van der Waals surface area contributed by atoms with Crippen molar-refractivity contribution in [1.29, 1.82) is 0 Å². The first-order valence-corrected chi connectivity index (χ1v) is 6.99. The van der Waals surface area contributed by atoms with E-state index in [2.05, 4.69) is 6.08 Å². The molecule has 0 amide bonds. The van der Waals surface area contributed by atoms with E-state index in [0.29, 0.717) is 0 Å². The lowest BCUT2D eigenvalue weighted by Gasteiger charge is -2.29. The van der Waals surface area contributed by atoms with Gasteiger partial charge in [0.05, 0.1) is 0 Å². The summed E-state index contributed by atoms with van der Waals surface area (Å²) in [4.78, 5) is 13.9. The Bertz CT molecular complexity index is 426. The molecule has 1 nitrogen and oxygen atoms in total. The van der Waals surface area contributed by atoms with Crippen LogP contribution < -0.4 is 0 Å². The van der Waals surface area contributed by atoms with Crippen molar-refractivity contribution in [3.05, 3.63) is 32.6 Å². The van der Waals surface area contributed by atoms with Crippen molar-refractivity contribution in [3.8, 4) is 0 Å². The molecule has 0 aromatic heterocycles. The molecule has 1 aliphatic heterocycles. The van der Waals surface area contributed by atoms with Crippen LogP contribution in [0.2, 0.25) is 0 Å². The average Bonchev–Trinajstić information content (AvgIpc) is 2.35. The van der Waals surface area contributed by atoms with Gasteiger partial charge in [-0.3, -0.25) is 4.79 Å². The standard InChI is InChI=1S/C14H16OS/c15-9-12-6-3-5-11-8-10-4-1-2-7-13(10)16-14(11)12/h8-9H,1-7H2. The maximum atomic E-state index is 11.1. The first kappa shape index (κ1) is 10.4. The summed E-state index contributed by atoms with van der Waals surface area (Å²) in [6.45, 7) is 0. The topological polar surface area (TPSA) is 17.1 Å². The van der Waals surface area contributed by atoms with E-state index >= 15 is 0 Å². The summed E-state index contributed by atoms with van der Waals surface area (Å²) in [7, 11) is 0. The Morgan fingerprint density at radius 1 is 1.06 bits per heavy atom. The number of aldehydes is 1. The molecule has 0 bridgehead atoms. The van der Waals surface area contributed by atoms with Crippen LogP contribution in [-0.2, 0) is 4.79 Å². The van der Waals surface area contributed by atoms with Crippen molar-refractivity contribution in [2.45, 2.75) is 44.9 Å². The zero-order valence-electron chi connectivity index (χ0n) is 9.42. The fraction of sp³-hybridized carbons (Fsp3) is 0.500. The fourth-order valence-electron chi connectivity index (χ4n) is 2.79. The minimum Gasteiger partial charge on any atom is -0.298 e. The molecule has 0 N–H and O–H groups in total. The summed E-state index contributed by atoms with van der Waals surface area (Å²) in [5.41, 5.74) is 4.03. The lowest BCUT2D eigenvalue weighted by atomic mass is 9.91. The molecular weight excluding hydrogens is 216 g/mol. The van der Waals surface area contributed by atoms with Gasteiger partial charge in [-0.2, -0.15) is 0 Å². The number of fused-ring (bicyclic) bond motifs is 1. The minimum absolute atomic E-state index is 0.978. The zero-order valence-corrected chi connectivity index (χ0v) is 10.2. The molecule has 0 atom stereocenters. The van der Waals surface area contributed by atoms with E-state index in [0.717, 1.165) is 31.1 Å². The molecule has 2 aliphatic carbocycles. The Morgan fingerprint density at radius 3 is 2.81 bits per heavy atom. The Morgan fingerprint density at radius 2 is 1.94 bits per heavy atom. The van der Waals surface area contributed by atoms with Gasteiger partial charge in [0, 0.05) is 10.5 Å². The third-order valence-electron chi connectivity index (χ3n) is 3.65. The second-order valence-electron chi connectivity index (χ2n) is 4.75. The molecule has 0 unspecified atom stereocenters. The number of carbonyl (C=O) groups excluding carboxylic acids is 1. The molecule has 16 heavy (non-hydrogen) atoms. The van der Waals surface area contributed by atoms with Crippen LogP contribution in [0.5, 0.6) is 0 Å². The summed E-state index contributed by atoms with van der Waals surface area (Å²) < 4.78 is 0. The Balaban J connectivity index is 2.03. The summed E-state index contributed by atoms with van der Waals surface area (Å²) >= 11 is 1.89. The molecule has 0 saturated heterocycles. The first-order chi connectivity index (χ1) is 7.88. The molecule has 3 aliphatic rings. The molecule has 0 aromatic carbocycles. The number of hydrogen-bond donors (Lipinski definition) is 0. The van der Waals surface area contributed by atoms with E-state index in [-0.39, 0.29) is 0 Å². The van der Waals surface area contributed by atoms with Gasteiger partial charge >= 0.3 is 0 Å². The molecule has 1 heterocycles. The van der Waals surface area contributed by atoms with Crippen LogP contribution in [0, 0.1) is 0 Å². The SMILES string of the molecule is O=CC1=C2SC3=C(C=C2CCC1)CCCC3. The molecule has 0 radical (unpaired) electrons. The molecule has 84 valence electrons. The van der Waals surface area contributed by atoms with E-state index in [1.165, 1.54) is 41.1 Å². The molecule has 2 heteroatoms. The molecule has 0 aromatic rings. The van der Waals surface area contributed by atoms with Crippen LogP contribution in [0.1, 0.15) is 44.9 Å². The van der Waals surface area contributed by atoms with Gasteiger partial charge in [-0.25, -0.2) is 0 Å². The molecule has 0 spiro atoms. The Labute approximate surface area is 101 Å². The van der Waals surface area contributed by atoms with E-state index in [9.17, 15) is 4.79 Å². The molecule has 0 fully saturated rings. The van der Waals surface area contributed by atoms with Gasteiger partial charge in [0.1, 0.15) is 6.29 Å². The predicted octanol–water partition coefficient (Wildman–Crippen LogP) is 4.12. The number of hydrogen-bond acceptors (Lipinski definition) is 2. The second-order valence-corrected chi connectivity index (χ2v) is 5.86. The smallest absolute Gasteiger partial charge is 0.147 e. The highest BCUT2D eigenvalue weighted by atomic mass is 32.2. The quantitative estimate of drug-likeness (QED) is 0.632. The monoisotopic (exact) mass is 232 g/mol. The van der Waals surface area contributed by atoms with Gasteiger partial charge < -0.3 is 0 Å². The molecule has 3 rings (SSSR count). The molecular formula is C14H16OS. The van der Waals surface area contributed by atoms with Crippen molar-refractivity contribution in [3.63, 3.8) is 0 Å². The van der Waals surface area contributed by atoms with Gasteiger partial charge in [-0.15, -0.1) is 0 Å². The van der Waals surface area contributed by atoms with E-state index in [1.807, 2.05) is 11.8 Å². The van der Waals surface area contributed by atoms with E-state index in [4.69, 9.17) is 0 Å². The van der Waals surface area contributed by atoms with Gasteiger partial charge in [-0.05, 0) is 61.0 Å². The van der Waals surface area contributed by atoms with Crippen LogP contribution in [0.25, 0.3) is 0 Å². The van der Waals surface area contributed by atoms with Crippen molar-refractivity contribution < 1.29 is 4.79 Å². The second kappa shape index (κ2) is 4.25. The maximum Gasteiger partial charge on any atom is 0.147 e. The minimum atomic E-state index is 0.978. The third kappa shape index (κ3) is 1.69. The molecule has 0 saturated carbocycles. The lowest BCUT2D eigenvalue weighted by Crippen LogP contribution is -2.08. The normalized spacial score (nSPS) is 24.9. The number of allylic oxidation sites excluding steroid dienone is 5. The van der Waals surface area contributed by atoms with Crippen molar-refractivity contribution in [2.75, 3.05) is 0 Å². The highest BCUT2D eigenvalue weighted by Crippen LogP contribution is 2.48. The van der Waals surface area contributed by atoms with E-state index < -0.39 is 0 Å². The highest BCUT2D eigenvalue weighted by molar-refractivity contribution is 8.07. The van der Waals surface area contributed by atoms with Crippen molar-refractivity contribution >= 4 is 18.0 Å². The third-order valence-corrected chi connectivity index (χ3v) is 5.09. The van der Waals surface area contributed by atoms with Gasteiger partial charge in [0.25, 0.3) is 0 Å². The number of thioether (sulfide) groups is 1. The lowest BCUT2D eigenvalue weighted by molar-refractivity contribution is -0.105. The van der Waals surface area contributed by atoms with Crippen LogP contribution in [0.3, 0.4) is 0 Å². The summed E-state index contributed by atoms with van der Waals surface area (Å²) in [5.74, 6) is 0. The van der Waals surface area contributed by atoms with Crippen molar-refractivity contribution in [1.82, 2.24) is 0 Å². The van der Waals surface area contributed by atoms with Crippen LogP contribution in [0.15, 0.2) is 32.6 Å². The van der Waals surface area contributed by atoms with Crippen molar-refractivity contribution in [2.24, 2.45) is 0 Å². The first-order valence-electron chi connectivity index (χ1n) is 6.17. The highest BCUT2D eigenvalue weighted by Gasteiger charge is 2.25. The fourth-order valence-corrected chi connectivity index (χ4v) is 4.15. The van der Waals surface area contributed by atoms with Crippen LogP contribution in [-0.4, -0.2) is 6.29 Å². The largest absolute Gasteiger partial charge is 0.298 e. The Kier molecular flexibility index (Phi) is 2.76. The van der Waals surface area contributed by atoms with Crippen LogP contribution >= 0.6 is 11.8 Å². The summed E-state index contributed by atoms with van der Waals surface area (Å²) in [6, 6.07) is 0.